The Morgan fingerprint density at radius 1 is 0.808 bits per heavy atom. The zero-order valence-corrected chi connectivity index (χ0v) is 14.6. The molecule has 0 radical (unpaired) electrons. The van der Waals surface area contributed by atoms with E-state index in [4.69, 9.17) is 19.7 Å². The van der Waals surface area contributed by atoms with Crippen molar-refractivity contribution in [3.8, 4) is 11.5 Å². The minimum Gasteiger partial charge on any atom is -0.494 e. The number of carbonyl (C=O) groups excluding carboxylic acids is 1. The molecule has 0 aliphatic heterocycles. The first-order valence-corrected chi connectivity index (χ1v) is 8.63. The highest BCUT2D eigenvalue weighted by Gasteiger charge is 2.02. The Morgan fingerprint density at radius 2 is 1.31 bits per heavy atom. The Hall–Kier alpha value is -2.63. The highest BCUT2D eigenvalue weighted by atomic mass is 16.5. The predicted molar refractivity (Wildman–Crippen MR) is 101 cm³/mol. The van der Waals surface area contributed by atoms with Crippen LogP contribution in [0.3, 0.4) is 0 Å². The van der Waals surface area contributed by atoms with Crippen LogP contribution in [0.1, 0.15) is 28.8 Å². The van der Waals surface area contributed by atoms with Gasteiger partial charge in [-0.25, -0.2) is 0 Å². The smallest absolute Gasteiger partial charge is 0.185 e. The summed E-state index contributed by atoms with van der Waals surface area (Å²) in [6.45, 7) is 1.13. The number of ketones is 1. The molecule has 0 bridgehead atoms. The summed E-state index contributed by atoms with van der Waals surface area (Å²) < 4.78 is 10.9. The average molecular weight is 356 g/mol. The van der Waals surface area contributed by atoms with Crippen molar-refractivity contribution >= 4 is 11.9 Å². The molecule has 2 aromatic rings. The molecular weight excluding hydrogens is 332 g/mol. The minimum atomic E-state index is -0.0878. The highest BCUT2D eigenvalue weighted by molar-refractivity contribution is 6.06. The molecule has 0 spiro atoms. The standard InChI is InChI=1S/C21H24O5/c22-13-1-15-25-19-8-3-17(4-9-19)5-12-21(24)18-6-10-20(11-7-18)26-16-2-14-23/h3-12,22-23H,1-2,13-16H2/b12-5+. The van der Waals surface area contributed by atoms with Crippen molar-refractivity contribution in [1.82, 2.24) is 0 Å². The van der Waals surface area contributed by atoms with Gasteiger partial charge in [0.05, 0.1) is 13.2 Å². The van der Waals surface area contributed by atoms with Gasteiger partial charge >= 0.3 is 0 Å². The van der Waals surface area contributed by atoms with Gasteiger partial charge in [0, 0.05) is 31.6 Å². The average Bonchev–Trinajstić information content (AvgIpc) is 2.68. The van der Waals surface area contributed by atoms with Crippen LogP contribution in [0.2, 0.25) is 0 Å². The number of allylic oxidation sites excluding steroid dienone is 1. The number of hydrogen-bond donors (Lipinski definition) is 2. The number of carbonyl (C=O) groups is 1. The summed E-state index contributed by atoms with van der Waals surface area (Å²) in [7, 11) is 0. The van der Waals surface area contributed by atoms with Gasteiger partial charge in [-0.2, -0.15) is 0 Å². The molecule has 0 aromatic heterocycles. The van der Waals surface area contributed by atoms with Crippen LogP contribution in [-0.2, 0) is 0 Å². The maximum atomic E-state index is 12.2. The second kappa shape index (κ2) is 11.1. The van der Waals surface area contributed by atoms with E-state index in [1.165, 1.54) is 6.08 Å². The van der Waals surface area contributed by atoms with Crippen LogP contribution in [0.5, 0.6) is 11.5 Å². The lowest BCUT2D eigenvalue weighted by atomic mass is 10.1. The summed E-state index contributed by atoms with van der Waals surface area (Å²) in [6, 6.07) is 14.3. The van der Waals surface area contributed by atoms with Gasteiger partial charge < -0.3 is 19.7 Å². The SMILES string of the molecule is O=C(/C=C/c1ccc(OCCCO)cc1)c1ccc(OCCCO)cc1. The van der Waals surface area contributed by atoms with Gasteiger partial charge in [0.1, 0.15) is 11.5 Å². The zero-order chi connectivity index (χ0) is 18.6. The molecule has 0 heterocycles. The van der Waals surface area contributed by atoms with E-state index in [-0.39, 0.29) is 19.0 Å². The van der Waals surface area contributed by atoms with Crippen molar-refractivity contribution < 1.29 is 24.5 Å². The molecule has 2 N–H and O–H groups in total. The van der Waals surface area contributed by atoms with Gasteiger partial charge in [-0.15, -0.1) is 0 Å². The topological polar surface area (TPSA) is 76.0 Å². The first kappa shape index (κ1) is 19.7. The van der Waals surface area contributed by atoms with Crippen LogP contribution >= 0.6 is 0 Å². The molecule has 2 aromatic carbocycles. The fourth-order valence-corrected chi connectivity index (χ4v) is 2.17. The van der Waals surface area contributed by atoms with Crippen LogP contribution in [0, 0.1) is 0 Å². The van der Waals surface area contributed by atoms with Gasteiger partial charge in [0.2, 0.25) is 0 Å². The number of rotatable bonds is 11. The summed E-state index contributed by atoms with van der Waals surface area (Å²) in [5.74, 6) is 1.32. The fraction of sp³-hybridized carbons (Fsp3) is 0.286. The molecule has 0 saturated heterocycles. The Labute approximate surface area is 153 Å². The summed E-state index contributed by atoms with van der Waals surface area (Å²) in [5.41, 5.74) is 1.48. The van der Waals surface area contributed by atoms with Gasteiger partial charge in [0.15, 0.2) is 5.78 Å². The normalized spacial score (nSPS) is 10.8. The summed E-state index contributed by atoms with van der Waals surface area (Å²) in [6.07, 6.45) is 4.46. The number of ether oxygens (including phenoxy) is 2. The number of aliphatic hydroxyl groups is 2. The Morgan fingerprint density at radius 3 is 1.81 bits per heavy atom. The van der Waals surface area contributed by atoms with E-state index in [0.29, 0.717) is 37.4 Å². The van der Waals surface area contributed by atoms with Gasteiger partial charge in [-0.3, -0.25) is 4.79 Å². The largest absolute Gasteiger partial charge is 0.494 e. The van der Waals surface area contributed by atoms with Crippen molar-refractivity contribution in [3.05, 3.63) is 65.7 Å². The quantitative estimate of drug-likeness (QED) is 0.368. The predicted octanol–water partition coefficient (Wildman–Crippen LogP) is 3.11. The van der Waals surface area contributed by atoms with Crippen LogP contribution in [0.4, 0.5) is 0 Å². The lowest BCUT2D eigenvalue weighted by molar-refractivity contribution is 0.104. The molecular formula is C21H24O5. The summed E-state index contributed by atoms with van der Waals surface area (Å²) in [5, 5.41) is 17.5. The highest BCUT2D eigenvalue weighted by Crippen LogP contribution is 2.15. The maximum Gasteiger partial charge on any atom is 0.185 e. The van der Waals surface area contributed by atoms with Crippen LogP contribution in [0.25, 0.3) is 6.08 Å². The third kappa shape index (κ3) is 6.70. The van der Waals surface area contributed by atoms with E-state index < -0.39 is 0 Å². The second-order valence-electron chi connectivity index (χ2n) is 5.64. The second-order valence-corrected chi connectivity index (χ2v) is 5.64. The Kier molecular flexibility index (Phi) is 8.39. The van der Waals surface area contributed by atoms with Crippen molar-refractivity contribution in [2.75, 3.05) is 26.4 Å². The molecule has 5 nitrogen and oxygen atoms in total. The van der Waals surface area contributed by atoms with E-state index in [2.05, 4.69) is 0 Å². The fourth-order valence-electron chi connectivity index (χ4n) is 2.17. The maximum absolute atomic E-state index is 12.2. The van der Waals surface area contributed by atoms with E-state index in [9.17, 15) is 4.79 Å². The molecule has 2 rings (SSSR count). The molecule has 0 saturated carbocycles. The summed E-state index contributed by atoms with van der Waals surface area (Å²) in [4.78, 5) is 12.2. The molecule has 5 heteroatoms. The molecule has 0 fully saturated rings. The van der Waals surface area contributed by atoms with Crippen LogP contribution in [0.15, 0.2) is 54.6 Å². The number of hydrogen-bond acceptors (Lipinski definition) is 5. The summed E-state index contributed by atoms with van der Waals surface area (Å²) >= 11 is 0. The first-order valence-electron chi connectivity index (χ1n) is 8.63. The Balaban J connectivity index is 1.88. The molecule has 0 unspecified atom stereocenters. The van der Waals surface area contributed by atoms with Gasteiger partial charge in [0.25, 0.3) is 0 Å². The van der Waals surface area contributed by atoms with Crippen LogP contribution in [-0.4, -0.2) is 42.4 Å². The lowest BCUT2D eigenvalue weighted by Crippen LogP contribution is -2.00. The molecule has 0 atom stereocenters. The molecule has 26 heavy (non-hydrogen) atoms. The first-order chi connectivity index (χ1) is 12.7. The van der Waals surface area contributed by atoms with Crippen molar-refractivity contribution in [2.24, 2.45) is 0 Å². The van der Waals surface area contributed by atoms with E-state index in [1.807, 2.05) is 24.3 Å². The number of benzene rings is 2. The molecule has 0 aliphatic rings. The molecule has 0 amide bonds. The zero-order valence-electron chi connectivity index (χ0n) is 14.6. The van der Waals surface area contributed by atoms with Crippen molar-refractivity contribution in [1.29, 1.82) is 0 Å². The van der Waals surface area contributed by atoms with Crippen molar-refractivity contribution in [3.63, 3.8) is 0 Å². The monoisotopic (exact) mass is 356 g/mol. The molecule has 0 aliphatic carbocycles. The van der Waals surface area contributed by atoms with Gasteiger partial charge in [-0.05, 0) is 48.0 Å². The lowest BCUT2D eigenvalue weighted by Gasteiger charge is -2.05. The van der Waals surface area contributed by atoms with Gasteiger partial charge in [-0.1, -0.05) is 18.2 Å². The van der Waals surface area contributed by atoms with E-state index >= 15 is 0 Å². The third-order valence-electron chi connectivity index (χ3n) is 3.59. The minimum absolute atomic E-state index is 0.0878. The Bertz CT molecular complexity index is 689. The van der Waals surface area contributed by atoms with E-state index in [0.717, 1.165) is 11.3 Å². The van der Waals surface area contributed by atoms with Crippen molar-refractivity contribution in [2.45, 2.75) is 12.8 Å². The van der Waals surface area contributed by atoms with Crippen LogP contribution < -0.4 is 9.47 Å². The van der Waals surface area contributed by atoms with E-state index in [1.54, 1.807) is 30.3 Å². The molecule has 138 valence electrons. The third-order valence-corrected chi connectivity index (χ3v) is 3.59. The number of aliphatic hydroxyl groups excluding tert-OH is 2.